The Morgan fingerprint density at radius 1 is 1.46 bits per heavy atom. The second kappa shape index (κ2) is 3.29. The Bertz CT molecular complexity index is 209. The summed E-state index contributed by atoms with van der Waals surface area (Å²) in [5.74, 6) is 0.149. The topological polar surface area (TPSA) is 41.1 Å². The highest BCUT2D eigenvalue weighted by molar-refractivity contribution is 5.78. The third kappa shape index (κ3) is 1.70. The van der Waals surface area contributed by atoms with Gasteiger partial charge >= 0.3 is 0 Å². The van der Waals surface area contributed by atoms with E-state index in [1.807, 2.05) is 0 Å². The number of nitrogens with one attached hydrogen (secondary N) is 2. The summed E-state index contributed by atoms with van der Waals surface area (Å²) in [6.45, 7) is 0.451. The van der Waals surface area contributed by atoms with Crippen molar-refractivity contribution in [2.75, 3.05) is 13.6 Å². The molecule has 2 rings (SSSR count). The molecule has 2 aliphatic rings. The van der Waals surface area contributed by atoms with Crippen molar-refractivity contribution >= 4 is 5.91 Å². The number of hydrogen-bond acceptors (Lipinski definition) is 2. The molecule has 2 aliphatic carbocycles. The monoisotopic (exact) mass is 182 g/mol. The van der Waals surface area contributed by atoms with Gasteiger partial charge in [-0.15, -0.1) is 0 Å². The van der Waals surface area contributed by atoms with Gasteiger partial charge in [-0.3, -0.25) is 4.79 Å². The number of rotatable bonds is 3. The van der Waals surface area contributed by atoms with E-state index in [4.69, 9.17) is 0 Å². The Hall–Kier alpha value is -0.570. The van der Waals surface area contributed by atoms with Gasteiger partial charge in [-0.2, -0.15) is 0 Å². The van der Waals surface area contributed by atoms with E-state index in [1.165, 1.54) is 32.1 Å². The molecule has 1 unspecified atom stereocenters. The lowest BCUT2D eigenvalue weighted by Crippen LogP contribution is -2.35. The van der Waals surface area contributed by atoms with Gasteiger partial charge in [0.1, 0.15) is 0 Å². The van der Waals surface area contributed by atoms with Crippen molar-refractivity contribution in [2.24, 2.45) is 5.41 Å². The molecular weight excluding hydrogens is 164 g/mol. The summed E-state index contributed by atoms with van der Waals surface area (Å²) in [7, 11) is 1.80. The van der Waals surface area contributed by atoms with Crippen LogP contribution in [0.5, 0.6) is 0 Å². The van der Waals surface area contributed by atoms with Crippen LogP contribution >= 0.6 is 0 Å². The molecule has 2 saturated carbocycles. The number of carbonyl (C=O) groups is 1. The van der Waals surface area contributed by atoms with Crippen LogP contribution in [0.4, 0.5) is 0 Å². The zero-order valence-electron chi connectivity index (χ0n) is 8.23. The largest absolute Gasteiger partial charge is 0.352 e. The molecule has 2 fully saturated rings. The van der Waals surface area contributed by atoms with E-state index < -0.39 is 0 Å². The minimum Gasteiger partial charge on any atom is -0.352 e. The van der Waals surface area contributed by atoms with Crippen molar-refractivity contribution in [3.8, 4) is 0 Å². The fourth-order valence-electron chi connectivity index (χ4n) is 2.59. The molecule has 3 nitrogen and oxygen atoms in total. The minimum atomic E-state index is 0.149. The van der Waals surface area contributed by atoms with Gasteiger partial charge in [0.15, 0.2) is 0 Å². The molecule has 2 N–H and O–H groups in total. The van der Waals surface area contributed by atoms with E-state index in [0.717, 1.165) is 0 Å². The van der Waals surface area contributed by atoms with Crippen LogP contribution in [0.3, 0.4) is 0 Å². The van der Waals surface area contributed by atoms with Crippen LogP contribution in [0.1, 0.15) is 32.1 Å². The van der Waals surface area contributed by atoms with Crippen LogP contribution in [0.25, 0.3) is 0 Å². The standard InChI is InChI=1S/C10H18N2O/c1-11-7-9(13)12-8-6-10(8)4-2-3-5-10/h8,11H,2-7H2,1H3,(H,12,13). The van der Waals surface area contributed by atoms with Crippen molar-refractivity contribution in [2.45, 2.75) is 38.1 Å². The van der Waals surface area contributed by atoms with E-state index in [1.54, 1.807) is 7.05 Å². The number of hydrogen-bond donors (Lipinski definition) is 2. The normalized spacial score (nSPS) is 29.2. The smallest absolute Gasteiger partial charge is 0.234 e. The van der Waals surface area contributed by atoms with Gasteiger partial charge < -0.3 is 10.6 Å². The lowest BCUT2D eigenvalue weighted by atomic mass is 10.1. The third-order valence-electron chi connectivity index (χ3n) is 3.46. The Labute approximate surface area is 79.3 Å². The summed E-state index contributed by atoms with van der Waals surface area (Å²) in [4.78, 5) is 11.3. The van der Waals surface area contributed by atoms with Crippen LogP contribution in [0.15, 0.2) is 0 Å². The molecule has 0 aromatic rings. The molecule has 0 heterocycles. The van der Waals surface area contributed by atoms with Crippen LogP contribution in [0, 0.1) is 5.41 Å². The summed E-state index contributed by atoms with van der Waals surface area (Å²) in [6, 6.07) is 0.496. The Morgan fingerprint density at radius 2 is 2.15 bits per heavy atom. The zero-order valence-corrected chi connectivity index (χ0v) is 8.23. The molecule has 0 saturated heterocycles. The van der Waals surface area contributed by atoms with E-state index in [2.05, 4.69) is 10.6 Å². The Morgan fingerprint density at radius 3 is 2.77 bits per heavy atom. The van der Waals surface area contributed by atoms with Gasteiger partial charge in [0.05, 0.1) is 6.54 Å². The number of carbonyl (C=O) groups excluding carboxylic acids is 1. The Balaban J connectivity index is 1.76. The highest BCUT2D eigenvalue weighted by Crippen LogP contribution is 2.57. The number of amides is 1. The van der Waals surface area contributed by atoms with E-state index in [9.17, 15) is 4.79 Å². The van der Waals surface area contributed by atoms with Crippen LogP contribution < -0.4 is 10.6 Å². The van der Waals surface area contributed by atoms with Gasteiger partial charge in [0, 0.05) is 6.04 Å². The maximum Gasteiger partial charge on any atom is 0.234 e. The van der Waals surface area contributed by atoms with Crippen molar-refractivity contribution in [1.29, 1.82) is 0 Å². The van der Waals surface area contributed by atoms with Crippen molar-refractivity contribution < 1.29 is 4.79 Å². The molecule has 0 bridgehead atoms. The third-order valence-corrected chi connectivity index (χ3v) is 3.46. The van der Waals surface area contributed by atoms with Gasteiger partial charge in [-0.1, -0.05) is 12.8 Å². The second-order valence-electron chi connectivity index (χ2n) is 4.42. The quantitative estimate of drug-likeness (QED) is 0.673. The highest BCUT2D eigenvalue weighted by Gasteiger charge is 2.55. The molecule has 74 valence electrons. The molecule has 1 spiro atoms. The first-order valence-electron chi connectivity index (χ1n) is 5.21. The number of likely N-dealkylation sites (N-methyl/N-ethyl adjacent to an activating group) is 1. The molecule has 0 aliphatic heterocycles. The second-order valence-corrected chi connectivity index (χ2v) is 4.42. The van der Waals surface area contributed by atoms with E-state index in [-0.39, 0.29) is 5.91 Å². The van der Waals surface area contributed by atoms with Crippen molar-refractivity contribution in [3.63, 3.8) is 0 Å². The maximum atomic E-state index is 11.3. The summed E-state index contributed by atoms with van der Waals surface area (Å²) in [6.07, 6.45) is 6.61. The molecule has 1 atom stereocenters. The van der Waals surface area contributed by atoms with Crippen molar-refractivity contribution in [3.05, 3.63) is 0 Å². The summed E-state index contributed by atoms with van der Waals surface area (Å²) in [5.41, 5.74) is 0.531. The summed E-state index contributed by atoms with van der Waals surface area (Å²) in [5, 5.41) is 5.95. The molecule has 0 aromatic heterocycles. The van der Waals surface area contributed by atoms with Gasteiger partial charge in [-0.25, -0.2) is 0 Å². The lowest BCUT2D eigenvalue weighted by molar-refractivity contribution is -0.120. The zero-order chi connectivity index (χ0) is 9.31. The predicted octanol–water partition coefficient (Wildman–Crippen LogP) is 0.655. The SMILES string of the molecule is CNCC(=O)NC1CC12CCCC2. The molecule has 13 heavy (non-hydrogen) atoms. The van der Waals surface area contributed by atoms with Crippen LogP contribution in [-0.4, -0.2) is 25.5 Å². The van der Waals surface area contributed by atoms with Crippen LogP contribution in [0.2, 0.25) is 0 Å². The molecular formula is C10H18N2O. The fraction of sp³-hybridized carbons (Fsp3) is 0.900. The molecule has 0 aromatic carbocycles. The summed E-state index contributed by atoms with van der Waals surface area (Å²) < 4.78 is 0. The molecule has 3 heteroatoms. The van der Waals surface area contributed by atoms with E-state index in [0.29, 0.717) is 18.0 Å². The first kappa shape index (κ1) is 9.00. The first-order chi connectivity index (χ1) is 6.27. The van der Waals surface area contributed by atoms with Gasteiger partial charge in [-0.05, 0) is 31.7 Å². The van der Waals surface area contributed by atoms with Crippen molar-refractivity contribution in [1.82, 2.24) is 10.6 Å². The lowest BCUT2D eigenvalue weighted by Gasteiger charge is -2.09. The predicted molar refractivity (Wildman–Crippen MR) is 51.4 cm³/mol. The average Bonchev–Trinajstić information content (AvgIpc) is 2.56. The minimum absolute atomic E-state index is 0.149. The fourth-order valence-corrected chi connectivity index (χ4v) is 2.59. The first-order valence-corrected chi connectivity index (χ1v) is 5.21. The highest BCUT2D eigenvalue weighted by atomic mass is 16.2. The van der Waals surface area contributed by atoms with E-state index >= 15 is 0 Å². The average molecular weight is 182 g/mol. The maximum absolute atomic E-state index is 11.3. The summed E-state index contributed by atoms with van der Waals surface area (Å²) >= 11 is 0. The molecule has 0 radical (unpaired) electrons. The van der Waals surface area contributed by atoms with Gasteiger partial charge in [0.2, 0.25) is 5.91 Å². The Kier molecular flexibility index (Phi) is 2.28. The van der Waals surface area contributed by atoms with Crippen LogP contribution in [-0.2, 0) is 4.79 Å². The molecule has 1 amide bonds. The van der Waals surface area contributed by atoms with Gasteiger partial charge in [0.25, 0.3) is 0 Å².